The van der Waals surface area contributed by atoms with Crippen LogP contribution in [0.25, 0.3) is 6.08 Å². The SMILES string of the molecule is COc1cc(/C=C\C=C2/SC(=S)N(CCCC(=O)O)C2=O)ccc1O. The maximum Gasteiger partial charge on any atom is 0.303 e. The number of carbonyl (C=O) groups excluding carboxylic acids is 1. The van der Waals surface area contributed by atoms with E-state index in [1.807, 2.05) is 0 Å². The van der Waals surface area contributed by atoms with Crippen LogP contribution in [0.2, 0.25) is 0 Å². The summed E-state index contributed by atoms with van der Waals surface area (Å²) < 4.78 is 5.47. The van der Waals surface area contributed by atoms with Crippen molar-refractivity contribution in [3.63, 3.8) is 0 Å². The van der Waals surface area contributed by atoms with Crippen molar-refractivity contribution < 1.29 is 24.5 Å². The van der Waals surface area contributed by atoms with Crippen LogP contribution in [-0.4, -0.2) is 45.0 Å². The number of rotatable bonds is 7. The van der Waals surface area contributed by atoms with Gasteiger partial charge < -0.3 is 14.9 Å². The molecule has 1 aliphatic heterocycles. The Kier molecular flexibility index (Phi) is 6.60. The van der Waals surface area contributed by atoms with E-state index in [0.717, 1.165) is 5.56 Å². The van der Waals surface area contributed by atoms with E-state index in [1.165, 1.54) is 29.8 Å². The highest BCUT2D eigenvalue weighted by atomic mass is 32.2. The van der Waals surface area contributed by atoms with Gasteiger partial charge in [-0.05, 0) is 30.2 Å². The Bertz CT molecular complexity index is 757. The van der Waals surface area contributed by atoms with Gasteiger partial charge in [-0.15, -0.1) is 0 Å². The summed E-state index contributed by atoms with van der Waals surface area (Å²) in [7, 11) is 1.47. The van der Waals surface area contributed by atoms with Crippen LogP contribution in [0.4, 0.5) is 0 Å². The first-order chi connectivity index (χ1) is 11.9. The molecule has 0 radical (unpaired) electrons. The fourth-order valence-electron chi connectivity index (χ4n) is 2.14. The number of hydrogen-bond donors (Lipinski definition) is 2. The van der Waals surface area contributed by atoms with E-state index in [1.54, 1.807) is 30.4 Å². The topological polar surface area (TPSA) is 87.1 Å². The first-order valence-corrected chi connectivity index (χ1v) is 8.65. The predicted molar refractivity (Wildman–Crippen MR) is 101 cm³/mol. The predicted octanol–water partition coefficient (Wildman–Crippen LogP) is 3.02. The number of carboxylic acid groups (broad SMARTS) is 1. The third-order valence-corrected chi connectivity index (χ3v) is 4.78. The van der Waals surface area contributed by atoms with Crippen LogP contribution >= 0.6 is 24.0 Å². The molecule has 1 fully saturated rings. The van der Waals surface area contributed by atoms with Gasteiger partial charge in [-0.3, -0.25) is 14.5 Å². The molecule has 1 aromatic rings. The Morgan fingerprint density at radius 3 is 2.88 bits per heavy atom. The van der Waals surface area contributed by atoms with Gasteiger partial charge in [-0.2, -0.15) is 0 Å². The number of phenolic OH excluding ortho intramolecular Hbond substituents is 1. The molecule has 1 saturated heterocycles. The molecule has 1 amide bonds. The van der Waals surface area contributed by atoms with Crippen molar-refractivity contribution in [1.29, 1.82) is 0 Å². The summed E-state index contributed by atoms with van der Waals surface area (Å²) >= 11 is 6.37. The lowest BCUT2D eigenvalue weighted by Gasteiger charge is -2.12. The number of carbonyl (C=O) groups is 2. The minimum atomic E-state index is -0.895. The molecule has 1 aliphatic rings. The number of allylic oxidation sites excluding steroid dienone is 2. The van der Waals surface area contributed by atoms with Crippen molar-refractivity contribution in [2.24, 2.45) is 0 Å². The van der Waals surface area contributed by atoms with Crippen molar-refractivity contribution in [3.8, 4) is 11.5 Å². The van der Waals surface area contributed by atoms with Gasteiger partial charge in [0.2, 0.25) is 0 Å². The second kappa shape index (κ2) is 8.68. The molecule has 6 nitrogen and oxygen atoms in total. The number of aliphatic carboxylic acids is 1. The average Bonchev–Trinajstić information content (AvgIpc) is 2.83. The van der Waals surface area contributed by atoms with Crippen LogP contribution in [0.5, 0.6) is 11.5 Å². The lowest BCUT2D eigenvalue weighted by atomic mass is 10.2. The molecule has 2 N–H and O–H groups in total. The summed E-state index contributed by atoms with van der Waals surface area (Å²) in [5.74, 6) is -0.685. The zero-order valence-corrected chi connectivity index (χ0v) is 15.1. The Morgan fingerprint density at radius 1 is 1.44 bits per heavy atom. The second-order valence-electron chi connectivity index (χ2n) is 5.14. The van der Waals surface area contributed by atoms with E-state index >= 15 is 0 Å². The molecular formula is C17H17NO5S2. The second-order valence-corrected chi connectivity index (χ2v) is 6.82. The quantitative estimate of drug-likeness (QED) is 0.556. The van der Waals surface area contributed by atoms with E-state index in [2.05, 4.69) is 0 Å². The van der Waals surface area contributed by atoms with Gasteiger partial charge in [0.15, 0.2) is 11.5 Å². The number of thiocarbonyl (C=S) groups is 1. The maximum atomic E-state index is 12.3. The van der Waals surface area contributed by atoms with Crippen molar-refractivity contribution in [1.82, 2.24) is 4.90 Å². The number of nitrogens with zero attached hydrogens (tertiary/aromatic N) is 1. The smallest absolute Gasteiger partial charge is 0.303 e. The molecule has 1 heterocycles. The number of phenols is 1. The fourth-order valence-corrected chi connectivity index (χ4v) is 3.40. The minimum absolute atomic E-state index is 0.00129. The van der Waals surface area contributed by atoms with Crippen LogP contribution in [-0.2, 0) is 9.59 Å². The largest absolute Gasteiger partial charge is 0.504 e. The highest BCUT2D eigenvalue weighted by Crippen LogP contribution is 2.31. The molecule has 0 spiro atoms. The summed E-state index contributed by atoms with van der Waals surface area (Å²) in [5.41, 5.74) is 0.808. The molecule has 0 aromatic heterocycles. The van der Waals surface area contributed by atoms with Gasteiger partial charge >= 0.3 is 5.97 Å². The maximum absolute atomic E-state index is 12.3. The number of thioether (sulfide) groups is 1. The molecular weight excluding hydrogens is 362 g/mol. The van der Waals surface area contributed by atoms with Crippen LogP contribution < -0.4 is 4.74 Å². The molecule has 0 bridgehead atoms. The van der Waals surface area contributed by atoms with E-state index in [4.69, 9.17) is 22.1 Å². The molecule has 1 aromatic carbocycles. The van der Waals surface area contributed by atoms with E-state index in [9.17, 15) is 14.7 Å². The van der Waals surface area contributed by atoms with Gasteiger partial charge in [0.25, 0.3) is 5.91 Å². The highest BCUT2D eigenvalue weighted by molar-refractivity contribution is 8.26. The molecule has 0 atom stereocenters. The number of aromatic hydroxyl groups is 1. The molecule has 8 heteroatoms. The monoisotopic (exact) mass is 379 g/mol. The normalized spacial score (nSPS) is 16.2. The van der Waals surface area contributed by atoms with Crippen molar-refractivity contribution in [2.45, 2.75) is 12.8 Å². The number of amides is 1. The van der Waals surface area contributed by atoms with Gasteiger partial charge in [0, 0.05) is 13.0 Å². The Balaban J connectivity index is 2.02. The molecule has 0 unspecified atom stereocenters. The number of ether oxygens (including phenoxy) is 1. The van der Waals surface area contributed by atoms with Gasteiger partial charge in [0.1, 0.15) is 4.32 Å². The molecule has 0 aliphatic carbocycles. The zero-order chi connectivity index (χ0) is 18.4. The lowest BCUT2D eigenvalue weighted by molar-refractivity contribution is -0.137. The third-order valence-electron chi connectivity index (χ3n) is 3.39. The Morgan fingerprint density at radius 2 is 2.20 bits per heavy atom. The molecule has 0 saturated carbocycles. The van der Waals surface area contributed by atoms with Crippen LogP contribution in [0.15, 0.2) is 35.3 Å². The van der Waals surface area contributed by atoms with E-state index in [-0.39, 0.29) is 18.1 Å². The third kappa shape index (κ3) is 5.07. The number of methoxy groups -OCH3 is 1. The number of benzene rings is 1. The number of hydrogen-bond acceptors (Lipinski definition) is 6. The van der Waals surface area contributed by atoms with Crippen molar-refractivity contribution in [3.05, 3.63) is 40.8 Å². The fraction of sp³-hybridized carbons (Fsp3) is 0.235. The minimum Gasteiger partial charge on any atom is -0.504 e. The average molecular weight is 379 g/mol. The summed E-state index contributed by atoms with van der Waals surface area (Å²) in [6.07, 6.45) is 5.51. The summed E-state index contributed by atoms with van der Waals surface area (Å²) in [4.78, 5) is 24.8. The highest BCUT2D eigenvalue weighted by Gasteiger charge is 2.31. The van der Waals surface area contributed by atoms with Gasteiger partial charge in [0.05, 0.1) is 12.0 Å². The lowest BCUT2D eigenvalue weighted by Crippen LogP contribution is -2.29. The van der Waals surface area contributed by atoms with Gasteiger partial charge in [-0.1, -0.05) is 42.2 Å². The van der Waals surface area contributed by atoms with E-state index in [0.29, 0.717) is 27.9 Å². The Labute approximate surface area is 154 Å². The standard InChI is InChI=1S/C17H17NO5S2/c1-23-13-10-11(7-8-12(13)19)4-2-5-14-16(22)18(17(24)25-14)9-3-6-15(20)21/h2,4-5,7-8,10,19H,3,6,9H2,1H3,(H,20,21)/b4-2-,14-5-. The van der Waals surface area contributed by atoms with Crippen molar-refractivity contribution >= 4 is 46.3 Å². The Hall–Kier alpha value is -2.32. The van der Waals surface area contributed by atoms with Crippen LogP contribution in [0, 0.1) is 0 Å². The molecule has 25 heavy (non-hydrogen) atoms. The van der Waals surface area contributed by atoms with Crippen molar-refractivity contribution in [2.75, 3.05) is 13.7 Å². The van der Waals surface area contributed by atoms with Gasteiger partial charge in [-0.25, -0.2) is 0 Å². The summed E-state index contributed by atoms with van der Waals surface area (Å²) in [6, 6.07) is 4.93. The zero-order valence-electron chi connectivity index (χ0n) is 13.5. The molecule has 2 rings (SSSR count). The number of carboxylic acids is 1. The molecule has 132 valence electrons. The summed E-state index contributed by atoms with van der Waals surface area (Å²) in [6.45, 7) is 0.299. The van der Waals surface area contributed by atoms with Crippen LogP contribution in [0.3, 0.4) is 0 Å². The van der Waals surface area contributed by atoms with Crippen LogP contribution in [0.1, 0.15) is 18.4 Å². The van der Waals surface area contributed by atoms with E-state index < -0.39 is 5.97 Å². The first kappa shape index (κ1) is 19.0. The summed E-state index contributed by atoms with van der Waals surface area (Å²) in [5, 5.41) is 18.2. The first-order valence-electron chi connectivity index (χ1n) is 7.43.